The number of rotatable bonds is 4. The van der Waals surface area contributed by atoms with Gasteiger partial charge in [-0.25, -0.2) is 4.98 Å². The van der Waals surface area contributed by atoms with Gasteiger partial charge in [0.25, 0.3) is 0 Å². The number of pyridine rings is 1. The Morgan fingerprint density at radius 2 is 2.17 bits per heavy atom. The van der Waals surface area contributed by atoms with E-state index in [0.717, 1.165) is 36.7 Å². The van der Waals surface area contributed by atoms with Crippen LogP contribution in [0.5, 0.6) is 0 Å². The number of H-pyrrole nitrogens is 1. The van der Waals surface area contributed by atoms with Crippen LogP contribution in [-0.2, 0) is 17.6 Å². The van der Waals surface area contributed by atoms with Gasteiger partial charge in [0.1, 0.15) is 5.65 Å². The lowest BCUT2D eigenvalue weighted by atomic mass is 9.82. The van der Waals surface area contributed by atoms with Crippen molar-refractivity contribution in [3.05, 3.63) is 65.5 Å². The van der Waals surface area contributed by atoms with Crippen molar-refractivity contribution in [2.45, 2.75) is 31.6 Å². The molecule has 2 heterocycles. The van der Waals surface area contributed by atoms with Crippen molar-refractivity contribution in [2.75, 3.05) is 6.54 Å². The van der Waals surface area contributed by atoms with E-state index in [0.29, 0.717) is 6.54 Å². The highest BCUT2D eigenvalue weighted by Crippen LogP contribution is 2.31. The van der Waals surface area contributed by atoms with Crippen LogP contribution in [0.1, 0.15) is 35.4 Å². The van der Waals surface area contributed by atoms with Gasteiger partial charge in [0, 0.05) is 24.3 Å². The predicted molar refractivity (Wildman–Crippen MR) is 94.9 cm³/mol. The first-order chi connectivity index (χ1) is 11.8. The minimum absolute atomic E-state index is 0.000384. The molecule has 0 spiro atoms. The third-order valence-corrected chi connectivity index (χ3v) is 4.92. The topological polar surface area (TPSA) is 57.8 Å². The summed E-state index contributed by atoms with van der Waals surface area (Å²) in [7, 11) is 0. The number of aromatic amines is 1. The van der Waals surface area contributed by atoms with E-state index < -0.39 is 0 Å². The summed E-state index contributed by atoms with van der Waals surface area (Å²) in [6.07, 6.45) is 7.70. The van der Waals surface area contributed by atoms with E-state index in [2.05, 4.69) is 39.6 Å². The zero-order valence-corrected chi connectivity index (χ0v) is 13.6. The molecule has 4 heteroatoms. The van der Waals surface area contributed by atoms with Gasteiger partial charge >= 0.3 is 0 Å². The van der Waals surface area contributed by atoms with Crippen LogP contribution in [0.3, 0.4) is 0 Å². The first kappa shape index (κ1) is 14.9. The molecule has 2 N–H and O–H groups in total. The third-order valence-electron chi connectivity index (χ3n) is 4.92. The quantitative estimate of drug-likeness (QED) is 0.775. The summed E-state index contributed by atoms with van der Waals surface area (Å²) in [5, 5.41) is 4.26. The minimum Gasteiger partial charge on any atom is -0.355 e. The largest absolute Gasteiger partial charge is 0.355 e. The van der Waals surface area contributed by atoms with Gasteiger partial charge in [-0.2, -0.15) is 0 Å². The number of aryl methyl sites for hydroxylation is 1. The molecule has 2 aromatic heterocycles. The summed E-state index contributed by atoms with van der Waals surface area (Å²) in [5.41, 5.74) is 4.63. The van der Waals surface area contributed by atoms with Gasteiger partial charge < -0.3 is 10.3 Å². The van der Waals surface area contributed by atoms with Gasteiger partial charge in [-0.05, 0) is 54.5 Å². The molecule has 3 aromatic rings. The Balaban J connectivity index is 1.41. The minimum atomic E-state index is -0.000384. The third kappa shape index (κ3) is 2.80. The fourth-order valence-electron chi connectivity index (χ4n) is 3.69. The molecule has 1 aromatic carbocycles. The molecule has 0 radical (unpaired) electrons. The molecule has 122 valence electrons. The normalized spacial score (nSPS) is 16.8. The molecular formula is C20H21N3O. The lowest BCUT2D eigenvalue weighted by molar-refractivity contribution is -0.122. The van der Waals surface area contributed by atoms with Crippen molar-refractivity contribution in [3.8, 4) is 0 Å². The SMILES string of the molecule is O=C(NCCc1c[nH]c2ncccc12)C1CCCc2ccccc21. The second-order valence-electron chi connectivity index (χ2n) is 6.40. The van der Waals surface area contributed by atoms with Gasteiger partial charge in [-0.3, -0.25) is 4.79 Å². The van der Waals surface area contributed by atoms with E-state index in [-0.39, 0.29) is 11.8 Å². The van der Waals surface area contributed by atoms with Gasteiger partial charge in [-0.15, -0.1) is 0 Å². The van der Waals surface area contributed by atoms with Gasteiger partial charge in [0.15, 0.2) is 0 Å². The standard InChI is InChI=1S/C20H21N3O/c24-20(18-8-3-6-14-5-1-2-7-16(14)18)22-12-10-15-13-23-19-17(15)9-4-11-21-19/h1-2,4-5,7,9,11,13,18H,3,6,8,10,12H2,(H,21,23)(H,22,24). The van der Waals surface area contributed by atoms with Crippen LogP contribution in [0.2, 0.25) is 0 Å². The van der Waals surface area contributed by atoms with Crippen molar-refractivity contribution >= 4 is 16.9 Å². The maximum absolute atomic E-state index is 12.6. The average Bonchev–Trinajstić information content (AvgIpc) is 3.04. The summed E-state index contributed by atoms with van der Waals surface area (Å²) in [6, 6.07) is 12.3. The lowest BCUT2D eigenvalue weighted by Gasteiger charge is -2.24. The Labute approximate surface area is 141 Å². The number of fused-ring (bicyclic) bond motifs is 2. The van der Waals surface area contributed by atoms with Crippen LogP contribution in [-0.4, -0.2) is 22.4 Å². The van der Waals surface area contributed by atoms with E-state index in [1.807, 2.05) is 18.3 Å². The number of amides is 1. The molecule has 0 saturated carbocycles. The van der Waals surface area contributed by atoms with Crippen molar-refractivity contribution < 1.29 is 4.79 Å². The first-order valence-electron chi connectivity index (χ1n) is 8.59. The first-order valence-corrected chi connectivity index (χ1v) is 8.59. The van der Waals surface area contributed by atoms with Crippen LogP contribution in [0.15, 0.2) is 48.8 Å². The fourth-order valence-corrected chi connectivity index (χ4v) is 3.69. The van der Waals surface area contributed by atoms with Crippen LogP contribution < -0.4 is 5.32 Å². The fraction of sp³-hybridized carbons (Fsp3) is 0.300. The number of hydrogen-bond donors (Lipinski definition) is 2. The van der Waals surface area contributed by atoms with Crippen LogP contribution in [0.25, 0.3) is 11.0 Å². The monoisotopic (exact) mass is 319 g/mol. The number of hydrogen-bond acceptors (Lipinski definition) is 2. The van der Waals surface area contributed by atoms with Crippen LogP contribution in [0.4, 0.5) is 0 Å². The summed E-state index contributed by atoms with van der Waals surface area (Å²) in [6.45, 7) is 0.652. The molecule has 1 amide bonds. The van der Waals surface area contributed by atoms with Crippen LogP contribution in [0, 0.1) is 0 Å². The van der Waals surface area contributed by atoms with Gasteiger partial charge in [0.2, 0.25) is 5.91 Å². The number of carbonyl (C=O) groups is 1. The molecule has 1 aliphatic rings. The van der Waals surface area contributed by atoms with Crippen molar-refractivity contribution in [2.24, 2.45) is 0 Å². The summed E-state index contributed by atoms with van der Waals surface area (Å²) >= 11 is 0. The Hall–Kier alpha value is -2.62. The molecule has 4 nitrogen and oxygen atoms in total. The van der Waals surface area contributed by atoms with Crippen molar-refractivity contribution in [1.29, 1.82) is 0 Å². The molecular weight excluding hydrogens is 298 g/mol. The maximum atomic E-state index is 12.6. The van der Waals surface area contributed by atoms with Gasteiger partial charge in [0.05, 0.1) is 5.92 Å². The zero-order chi connectivity index (χ0) is 16.4. The summed E-state index contributed by atoms with van der Waals surface area (Å²) < 4.78 is 0. The molecule has 0 saturated heterocycles. The van der Waals surface area contributed by atoms with E-state index in [4.69, 9.17) is 0 Å². The molecule has 1 atom stereocenters. The van der Waals surface area contributed by atoms with E-state index in [1.54, 1.807) is 6.20 Å². The second kappa shape index (κ2) is 6.48. The number of aromatic nitrogens is 2. The predicted octanol–water partition coefficient (Wildman–Crippen LogP) is 3.34. The maximum Gasteiger partial charge on any atom is 0.227 e. The van der Waals surface area contributed by atoms with Gasteiger partial charge in [-0.1, -0.05) is 24.3 Å². The average molecular weight is 319 g/mol. The molecule has 0 fully saturated rings. The molecule has 1 aliphatic carbocycles. The highest BCUT2D eigenvalue weighted by molar-refractivity contribution is 5.84. The van der Waals surface area contributed by atoms with E-state index in [9.17, 15) is 4.79 Å². The zero-order valence-electron chi connectivity index (χ0n) is 13.6. The van der Waals surface area contributed by atoms with E-state index in [1.165, 1.54) is 16.7 Å². The molecule has 24 heavy (non-hydrogen) atoms. The molecule has 1 unspecified atom stereocenters. The number of benzene rings is 1. The Morgan fingerprint density at radius 3 is 3.12 bits per heavy atom. The smallest absolute Gasteiger partial charge is 0.227 e. The Morgan fingerprint density at radius 1 is 1.25 bits per heavy atom. The van der Waals surface area contributed by atoms with E-state index >= 15 is 0 Å². The molecule has 0 bridgehead atoms. The van der Waals surface area contributed by atoms with Crippen molar-refractivity contribution in [1.82, 2.24) is 15.3 Å². The highest BCUT2D eigenvalue weighted by Gasteiger charge is 2.25. The number of carbonyl (C=O) groups excluding carboxylic acids is 1. The number of nitrogens with zero attached hydrogens (tertiary/aromatic N) is 1. The summed E-state index contributed by atoms with van der Waals surface area (Å²) in [5.74, 6) is 0.153. The van der Waals surface area contributed by atoms with Crippen LogP contribution >= 0.6 is 0 Å². The highest BCUT2D eigenvalue weighted by atomic mass is 16.1. The number of nitrogens with one attached hydrogen (secondary N) is 2. The molecule has 4 rings (SSSR count). The second-order valence-corrected chi connectivity index (χ2v) is 6.40. The molecule has 0 aliphatic heterocycles. The summed E-state index contributed by atoms with van der Waals surface area (Å²) in [4.78, 5) is 20.1. The van der Waals surface area contributed by atoms with Crippen molar-refractivity contribution in [3.63, 3.8) is 0 Å². The lowest BCUT2D eigenvalue weighted by Crippen LogP contribution is -2.32. The Bertz CT molecular complexity index is 868. The Kier molecular flexibility index (Phi) is 4.03.